The van der Waals surface area contributed by atoms with Crippen LogP contribution in [0.2, 0.25) is 5.02 Å². The van der Waals surface area contributed by atoms with Crippen molar-refractivity contribution in [1.82, 2.24) is 4.90 Å². The molecule has 0 fully saturated rings. The van der Waals surface area contributed by atoms with Crippen molar-refractivity contribution in [1.29, 1.82) is 0 Å². The number of hydrogen-bond donors (Lipinski definition) is 1. The highest BCUT2D eigenvalue weighted by molar-refractivity contribution is 6.31. The smallest absolute Gasteiger partial charge is 0.142 e. The van der Waals surface area contributed by atoms with Crippen LogP contribution in [0.15, 0.2) is 42.5 Å². The van der Waals surface area contributed by atoms with E-state index < -0.39 is 0 Å². The van der Waals surface area contributed by atoms with E-state index in [-0.39, 0.29) is 10.8 Å². The van der Waals surface area contributed by atoms with Crippen molar-refractivity contribution >= 4 is 17.3 Å². The van der Waals surface area contributed by atoms with Crippen LogP contribution in [-0.4, -0.2) is 11.4 Å². The fourth-order valence-corrected chi connectivity index (χ4v) is 2.26. The van der Waals surface area contributed by atoms with Crippen molar-refractivity contribution in [3.8, 4) is 0 Å². The first-order valence-electron chi connectivity index (χ1n) is 6.59. The van der Waals surface area contributed by atoms with Crippen molar-refractivity contribution < 1.29 is 4.39 Å². The van der Waals surface area contributed by atoms with Gasteiger partial charge < -0.3 is 5.73 Å². The van der Waals surface area contributed by atoms with Gasteiger partial charge in [0, 0.05) is 18.8 Å². The van der Waals surface area contributed by atoms with Crippen LogP contribution in [-0.2, 0) is 13.1 Å². The maximum Gasteiger partial charge on any atom is 0.142 e. The highest BCUT2D eigenvalue weighted by Gasteiger charge is 2.10. The Morgan fingerprint density at radius 1 is 1.10 bits per heavy atom. The van der Waals surface area contributed by atoms with Gasteiger partial charge in [0.25, 0.3) is 0 Å². The van der Waals surface area contributed by atoms with Crippen molar-refractivity contribution in [2.75, 3.05) is 12.3 Å². The van der Waals surface area contributed by atoms with Crippen LogP contribution in [0.1, 0.15) is 18.1 Å². The number of rotatable bonds is 5. The van der Waals surface area contributed by atoms with E-state index in [4.69, 9.17) is 17.3 Å². The minimum atomic E-state index is -0.368. The largest absolute Gasteiger partial charge is 0.399 e. The van der Waals surface area contributed by atoms with E-state index >= 15 is 0 Å². The molecule has 0 saturated heterocycles. The maximum absolute atomic E-state index is 13.4. The first-order valence-corrected chi connectivity index (χ1v) is 6.97. The van der Waals surface area contributed by atoms with Crippen LogP contribution in [0.4, 0.5) is 10.1 Å². The first kappa shape index (κ1) is 14.8. The van der Waals surface area contributed by atoms with E-state index in [0.29, 0.717) is 6.54 Å². The summed E-state index contributed by atoms with van der Waals surface area (Å²) in [5.74, 6) is -0.368. The summed E-state index contributed by atoms with van der Waals surface area (Å²) < 4.78 is 13.4. The number of nitrogens with two attached hydrogens (primary N) is 1. The maximum atomic E-state index is 13.4. The number of nitrogen functional groups attached to an aromatic ring is 1. The summed E-state index contributed by atoms with van der Waals surface area (Å²) in [6, 6.07) is 12.7. The summed E-state index contributed by atoms with van der Waals surface area (Å²) in [6.45, 7) is 4.34. The quantitative estimate of drug-likeness (QED) is 0.841. The van der Waals surface area contributed by atoms with Gasteiger partial charge in [-0.2, -0.15) is 0 Å². The molecule has 0 saturated carbocycles. The Morgan fingerprint density at radius 3 is 2.45 bits per heavy atom. The number of benzene rings is 2. The van der Waals surface area contributed by atoms with Crippen LogP contribution in [0.3, 0.4) is 0 Å². The highest BCUT2D eigenvalue weighted by Crippen LogP contribution is 2.22. The lowest BCUT2D eigenvalue weighted by Gasteiger charge is -2.21. The fraction of sp³-hybridized carbons (Fsp3) is 0.250. The van der Waals surface area contributed by atoms with Crippen molar-refractivity contribution in [3.05, 3.63) is 64.4 Å². The lowest BCUT2D eigenvalue weighted by molar-refractivity contribution is 0.271. The number of anilines is 1. The molecular weight excluding hydrogens is 275 g/mol. The molecule has 106 valence electrons. The van der Waals surface area contributed by atoms with Crippen LogP contribution in [0.5, 0.6) is 0 Å². The van der Waals surface area contributed by atoms with Gasteiger partial charge in [-0.1, -0.05) is 42.8 Å². The highest BCUT2D eigenvalue weighted by atomic mass is 35.5. The second kappa shape index (κ2) is 6.73. The molecule has 0 spiro atoms. The molecule has 0 radical (unpaired) electrons. The average molecular weight is 293 g/mol. The van der Waals surface area contributed by atoms with Crippen LogP contribution < -0.4 is 5.73 Å². The van der Waals surface area contributed by atoms with E-state index in [2.05, 4.69) is 11.8 Å². The molecule has 0 unspecified atom stereocenters. The Hall–Kier alpha value is -1.58. The standard InChI is InChI=1S/C16H18ClFN2/c1-2-20(10-12-6-8-14(19)9-7-12)11-13-4-3-5-15(18)16(13)17/h3-9H,2,10-11,19H2,1H3. The third-order valence-electron chi connectivity index (χ3n) is 3.26. The molecule has 4 heteroatoms. The number of hydrogen-bond acceptors (Lipinski definition) is 2. The summed E-state index contributed by atoms with van der Waals surface area (Å²) in [5, 5.41) is 0.211. The Morgan fingerprint density at radius 2 is 1.80 bits per heavy atom. The van der Waals surface area contributed by atoms with E-state index in [1.165, 1.54) is 11.6 Å². The molecular formula is C16H18ClFN2. The third-order valence-corrected chi connectivity index (χ3v) is 3.68. The van der Waals surface area contributed by atoms with Gasteiger partial charge in [0.15, 0.2) is 0 Å². The van der Waals surface area contributed by atoms with Crippen LogP contribution in [0.25, 0.3) is 0 Å². The van der Waals surface area contributed by atoms with Gasteiger partial charge >= 0.3 is 0 Å². The second-order valence-electron chi connectivity index (χ2n) is 4.76. The minimum Gasteiger partial charge on any atom is -0.399 e. The molecule has 0 aliphatic heterocycles. The normalized spacial score (nSPS) is 11.0. The van der Waals surface area contributed by atoms with Gasteiger partial charge in [0.1, 0.15) is 5.82 Å². The van der Waals surface area contributed by atoms with E-state index in [1.54, 1.807) is 6.07 Å². The number of halogens is 2. The van der Waals surface area contributed by atoms with Gasteiger partial charge in [0.2, 0.25) is 0 Å². The molecule has 2 rings (SSSR count). The summed E-state index contributed by atoms with van der Waals surface area (Å²) in [7, 11) is 0. The molecule has 0 aliphatic carbocycles. The summed E-state index contributed by atoms with van der Waals surface area (Å²) in [6.07, 6.45) is 0. The van der Waals surface area contributed by atoms with Crippen molar-refractivity contribution in [3.63, 3.8) is 0 Å². The van der Waals surface area contributed by atoms with Gasteiger partial charge in [0.05, 0.1) is 5.02 Å². The topological polar surface area (TPSA) is 29.3 Å². The Bertz CT molecular complexity index is 569. The Labute approximate surface area is 124 Å². The lowest BCUT2D eigenvalue weighted by atomic mass is 10.1. The van der Waals surface area contributed by atoms with Crippen LogP contribution >= 0.6 is 11.6 Å². The lowest BCUT2D eigenvalue weighted by Crippen LogP contribution is -2.22. The summed E-state index contributed by atoms with van der Waals surface area (Å²) in [5.41, 5.74) is 8.42. The monoisotopic (exact) mass is 292 g/mol. The van der Waals surface area contributed by atoms with E-state index in [1.807, 2.05) is 30.3 Å². The second-order valence-corrected chi connectivity index (χ2v) is 5.14. The van der Waals surface area contributed by atoms with Crippen molar-refractivity contribution in [2.24, 2.45) is 0 Å². The number of nitrogens with zero attached hydrogens (tertiary/aromatic N) is 1. The molecule has 0 aliphatic rings. The minimum absolute atomic E-state index is 0.211. The molecule has 2 nitrogen and oxygen atoms in total. The predicted molar refractivity (Wildman–Crippen MR) is 82.1 cm³/mol. The fourth-order valence-electron chi connectivity index (χ4n) is 2.07. The summed E-state index contributed by atoms with van der Waals surface area (Å²) in [4.78, 5) is 2.20. The average Bonchev–Trinajstić information content (AvgIpc) is 2.45. The van der Waals surface area contributed by atoms with E-state index in [0.717, 1.165) is 24.3 Å². The zero-order chi connectivity index (χ0) is 14.5. The molecule has 0 aromatic heterocycles. The third kappa shape index (κ3) is 3.71. The SMILES string of the molecule is CCN(Cc1ccc(N)cc1)Cc1cccc(F)c1Cl. The predicted octanol–water partition coefficient (Wildman–Crippen LogP) is 4.08. The zero-order valence-corrected chi connectivity index (χ0v) is 12.2. The Kier molecular flexibility index (Phi) is 4.99. The molecule has 2 aromatic carbocycles. The molecule has 0 amide bonds. The molecule has 0 heterocycles. The Balaban J connectivity index is 2.09. The van der Waals surface area contributed by atoms with Crippen molar-refractivity contribution in [2.45, 2.75) is 20.0 Å². The molecule has 0 bridgehead atoms. The van der Waals surface area contributed by atoms with Gasteiger partial charge in [-0.25, -0.2) is 4.39 Å². The molecule has 20 heavy (non-hydrogen) atoms. The molecule has 2 aromatic rings. The van der Waals surface area contributed by atoms with E-state index in [9.17, 15) is 4.39 Å². The first-order chi connectivity index (χ1) is 9.60. The molecule has 0 atom stereocenters. The van der Waals surface area contributed by atoms with Gasteiger partial charge in [-0.3, -0.25) is 4.90 Å². The zero-order valence-electron chi connectivity index (χ0n) is 11.4. The van der Waals surface area contributed by atoms with Crippen LogP contribution in [0, 0.1) is 5.82 Å². The molecule has 2 N–H and O–H groups in total. The van der Waals surface area contributed by atoms with Gasteiger partial charge in [-0.05, 0) is 35.9 Å². The summed E-state index contributed by atoms with van der Waals surface area (Å²) >= 11 is 6.00. The van der Waals surface area contributed by atoms with Gasteiger partial charge in [-0.15, -0.1) is 0 Å².